The van der Waals surface area contributed by atoms with Crippen LogP contribution in [0.2, 0.25) is 5.02 Å². The van der Waals surface area contributed by atoms with Crippen molar-refractivity contribution in [1.29, 1.82) is 0 Å². The van der Waals surface area contributed by atoms with Gasteiger partial charge in [0, 0.05) is 38.3 Å². The minimum atomic E-state index is 0.435. The molecule has 6 nitrogen and oxygen atoms in total. The number of aromatic nitrogens is 3. The number of imidazole rings is 1. The van der Waals surface area contributed by atoms with Crippen LogP contribution in [0.5, 0.6) is 0 Å². The number of rotatable bonds is 3. The van der Waals surface area contributed by atoms with Gasteiger partial charge < -0.3 is 15.6 Å². The van der Waals surface area contributed by atoms with Crippen LogP contribution in [0.1, 0.15) is 5.56 Å². The molecule has 1 aliphatic rings. The van der Waals surface area contributed by atoms with Crippen LogP contribution < -0.4 is 5.73 Å². The number of hydrogen-bond donors (Lipinski definition) is 2. The number of nitrogen functional groups attached to an aromatic ring is 1. The molecule has 0 saturated carbocycles. The van der Waals surface area contributed by atoms with Gasteiger partial charge in [-0.3, -0.25) is 4.90 Å². The predicted octanol–water partition coefficient (Wildman–Crippen LogP) is 2.61. The second-order valence-corrected chi connectivity index (χ2v) is 6.99. The summed E-state index contributed by atoms with van der Waals surface area (Å²) in [5.74, 6) is 0.752. The Balaban J connectivity index is 1.53. The second-order valence-electron chi connectivity index (χ2n) is 6.58. The lowest BCUT2D eigenvalue weighted by Gasteiger charge is -2.32. The molecule has 0 amide bonds. The third kappa shape index (κ3) is 3.33. The maximum Gasteiger partial charge on any atom is 0.180 e. The lowest BCUT2D eigenvalue weighted by molar-refractivity contribution is 0.148. The van der Waals surface area contributed by atoms with E-state index in [1.54, 1.807) is 0 Å². The first-order valence-electron chi connectivity index (χ1n) is 8.40. The molecule has 0 spiro atoms. The summed E-state index contributed by atoms with van der Waals surface area (Å²) in [4.78, 5) is 16.8. The normalized spacial score (nSPS) is 16.6. The lowest BCUT2D eigenvalue weighted by atomic mass is 10.1. The summed E-state index contributed by atoms with van der Waals surface area (Å²) in [6.45, 7) is 5.49. The fourth-order valence-corrected chi connectivity index (χ4v) is 3.26. The molecule has 7 heteroatoms. The van der Waals surface area contributed by atoms with Gasteiger partial charge in [-0.1, -0.05) is 35.9 Å². The van der Waals surface area contributed by atoms with Gasteiger partial charge in [0.05, 0.1) is 16.9 Å². The Morgan fingerprint density at radius 1 is 1.16 bits per heavy atom. The summed E-state index contributed by atoms with van der Waals surface area (Å²) in [6, 6.07) is 8.48. The van der Waals surface area contributed by atoms with Crippen LogP contribution in [0.3, 0.4) is 0 Å². The van der Waals surface area contributed by atoms with Gasteiger partial charge in [0.25, 0.3) is 0 Å². The Morgan fingerprint density at radius 3 is 2.60 bits per heavy atom. The Morgan fingerprint density at radius 2 is 1.88 bits per heavy atom. The molecule has 3 aromatic rings. The molecule has 25 heavy (non-hydrogen) atoms. The van der Waals surface area contributed by atoms with E-state index in [2.05, 4.69) is 56.1 Å². The zero-order valence-corrected chi connectivity index (χ0v) is 14.9. The first kappa shape index (κ1) is 16.3. The van der Waals surface area contributed by atoms with Crippen LogP contribution in [0, 0.1) is 0 Å². The molecule has 130 valence electrons. The minimum absolute atomic E-state index is 0.435. The summed E-state index contributed by atoms with van der Waals surface area (Å²) in [7, 11) is 2.17. The molecular formula is C18H21ClN6. The molecule has 0 radical (unpaired) electrons. The largest absolute Gasteiger partial charge is 0.396 e. The maximum absolute atomic E-state index is 6.02. The van der Waals surface area contributed by atoms with E-state index >= 15 is 0 Å². The Kier molecular flexibility index (Phi) is 4.33. The molecule has 1 aromatic carbocycles. The number of likely N-dealkylation sites (N-methyl/N-ethyl adjacent to an activating group) is 1. The number of aromatic amines is 1. The quantitative estimate of drug-likeness (QED) is 0.754. The topological polar surface area (TPSA) is 74.1 Å². The molecule has 1 saturated heterocycles. The molecule has 4 rings (SSSR count). The van der Waals surface area contributed by atoms with Crippen molar-refractivity contribution in [2.24, 2.45) is 0 Å². The molecule has 0 unspecified atom stereocenters. The molecule has 3 N–H and O–H groups in total. The molecule has 2 aromatic heterocycles. The van der Waals surface area contributed by atoms with Gasteiger partial charge in [-0.2, -0.15) is 0 Å². The number of nitrogens with two attached hydrogens (primary N) is 1. The van der Waals surface area contributed by atoms with Crippen molar-refractivity contribution >= 4 is 28.5 Å². The Labute approximate surface area is 151 Å². The van der Waals surface area contributed by atoms with Gasteiger partial charge in [0.1, 0.15) is 11.3 Å². The number of anilines is 1. The highest BCUT2D eigenvalue weighted by Crippen LogP contribution is 2.27. The maximum atomic E-state index is 6.02. The van der Waals surface area contributed by atoms with Crippen LogP contribution >= 0.6 is 11.6 Å². The molecule has 1 fully saturated rings. The number of fused-ring (bicyclic) bond motifs is 1. The molecule has 1 aliphatic heterocycles. The summed E-state index contributed by atoms with van der Waals surface area (Å²) < 4.78 is 0. The van der Waals surface area contributed by atoms with Crippen molar-refractivity contribution in [3.05, 3.63) is 41.0 Å². The highest BCUT2D eigenvalue weighted by atomic mass is 35.5. The number of hydrogen-bond acceptors (Lipinski definition) is 5. The standard InChI is InChI=1S/C18H21ClN6/c1-24-6-8-25(9-7-24)11-12-2-4-13(5-3-12)17-22-16-15(20)14(19)10-21-18(16)23-17/h2-5,10H,6-9,11H2,1H3,(H3,20,21,22,23). The number of nitrogens with zero attached hydrogens (tertiary/aromatic N) is 4. The zero-order valence-electron chi connectivity index (χ0n) is 14.2. The predicted molar refractivity (Wildman–Crippen MR) is 102 cm³/mol. The van der Waals surface area contributed by atoms with Gasteiger partial charge in [0.15, 0.2) is 5.65 Å². The first-order valence-corrected chi connectivity index (χ1v) is 8.78. The monoisotopic (exact) mass is 356 g/mol. The molecule has 0 bridgehead atoms. The van der Waals surface area contributed by atoms with Gasteiger partial charge in [-0.25, -0.2) is 9.97 Å². The van der Waals surface area contributed by atoms with E-state index < -0.39 is 0 Å². The van der Waals surface area contributed by atoms with Gasteiger partial charge >= 0.3 is 0 Å². The third-order valence-electron chi connectivity index (χ3n) is 4.74. The number of halogens is 1. The van der Waals surface area contributed by atoms with E-state index in [4.69, 9.17) is 17.3 Å². The van der Waals surface area contributed by atoms with Crippen molar-refractivity contribution < 1.29 is 0 Å². The minimum Gasteiger partial charge on any atom is -0.396 e. The van der Waals surface area contributed by atoms with Gasteiger partial charge in [0.2, 0.25) is 0 Å². The van der Waals surface area contributed by atoms with E-state index in [1.165, 1.54) is 11.8 Å². The summed E-state index contributed by atoms with van der Waals surface area (Å²) in [6.07, 6.45) is 1.53. The number of piperazine rings is 1. The summed E-state index contributed by atoms with van der Waals surface area (Å²) >= 11 is 6.02. The van der Waals surface area contributed by atoms with Crippen molar-refractivity contribution in [3.8, 4) is 11.4 Å². The number of H-pyrrole nitrogens is 1. The highest BCUT2D eigenvalue weighted by molar-refractivity contribution is 6.34. The fraction of sp³-hybridized carbons (Fsp3) is 0.333. The van der Waals surface area contributed by atoms with E-state index in [0.29, 0.717) is 21.9 Å². The van der Waals surface area contributed by atoms with Crippen molar-refractivity contribution in [2.75, 3.05) is 39.0 Å². The van der Waals surface area contributed by atoms with E-state index in [1.807, 2.05) is 0 Å². The smallest absolute Gasteiger partial charge is 0.180 e. The third-order valence-corrected chi connectivity index (χ3v) is 5.04. The van der Waals surface area contributed by atoms with Gasteiger partial charge in [-0.15, -0.1) is 0 Å². The zero-order chi connectivity index (χ0) is 17.4. The summed E-state index contributed by atoms with van der Waals surface area (Å²) in [5.41, 5.74) is 10.1. The van der Waals surface area contributed by atoms with Crippen LogP contribution in [-0.2, 0) is 6.54 Å². The SMILES string of the molecule is CN1CCN(Cc2ccc(-c3nc4ncc(Cl)c(N)c4[nH]3)cc2)CC1. The molecule has 0 aliphatic carbocycles. The number of benzene rings is 1. The van der Waals surface area contributed by atoms with E-state index in [9.17, 15) is 0 Å². The van der Waals surface area contributed by atoms with Crippen molar-refractivity contribution in [2.45, 2.75) is 6.54 Å². The van der Waals surface area contributed by atoms with Crippen LogP contribution in [-0.4, -0.2) is 58.0 Å². The molecule has 3 heterocycles. The fourth-order valence-electron chi connectivity index (χ4n) is 3.12. The lowest BCUT2D eigenvalue weighted by Crippen LogP contribution is -2.43. The van der Waals surface area contributed by atoms with Crippen LogP contribution in [0.15, 0.2) is 30.5 Å². The van der Waals surface area contributed by atoms with Crippen LogP contribution in [0.4, 0.5) is 5.69 Å². The van der Waals surface area contributed by atoms with E-state index in [0.717, 1.165) is 44.1 Å². The molecule has 0 atom stereocenters. The number of nitrogens with one attached hydrogen (secondary N) is 1. The first-order chi connectivity index (χ1) is 12.1. The Bertz CT molecular complexity index is 880. The van der Waals surface area contributed by atoms with Crippen molar-refractivity contribution in [1.82, 2.24) is 24.8 Å². The number of pyridine rings is 1. The van der Waals surface area contributed by atoms with Gasteiger partial charge in [-0.05, 0) is 12.6 Å². The van der Waals surface area contributed by atoms with Crippen molar-refractivity contribution in [3.63, 3.8) is 0 Å². The molecular weight excluding hydrogens is 336 g/mol. The highest BCUT2D eigenvalue weighted by Gasteiger charge is 2.14. The second kappa shape index (κ2) is 6.63. The summed E-state index contributed by atoms with van der Waals surface area (Å²) in [5, 5.41) is 0.435. The average molecular weight is 357 g/mol. The average Bonchev–Trinajstić information content (AvgIpc) is 3.06. The van der Waals surface area contributed by atoms with Crippen LogP contribution in [0.25, 0.3) is 22.6 Å². The Hall–Kier alpha value is -2.15. The van der Waals surface area contributed by atoms with E-state index in [-0.39, 0.29) is 0 Å².